The van der Waals surface area contributed by atoms with Gasteiger partial charge in [-0.25, -0.2) is 0 Å². The maximum absolute atomic E-state index is 13.2. The molecule has 158 valence electrons. The van der Waals surface area contributed by atoms with Crippen molar-refractivity contribution in [2.24, 2.45) is 0 Å². The van der Waals surface area contributed by atoms with Crippen LogP contribution in [0.1, 0.15) is 11.1 Å². The van der Waals surface area contributed by atoms with E-state index in [0.29, 0.717) is 38.6 Å². The fourth-order valence-corrected chi connectivity index (χ4v) is 3.35. The first-order valence-electron chi connectivity index (χ1n) is 10.2. The summed E-state index contributed by atoms with van der Waals surface area (Å²) in [7, 11) is 0. The second kappa shape index (κ2) is 9.91. The van der Waals surface area contributed by atoms with Crippen molar-refractivity contribution >= 4 is 17.7 Å². The summed E-state index contributed by atoms with van der Waals surface area (Å²) < 4.78 is 12.6. The minimum absolute atomic E-state index is 0.194. The number of ether oxygens (including phenoxy) is 2. The number of carbonyl (C=O) groups is 1. The van der Waals surface area contributed by atoms with Gasteiger partial charge < -0.3 is 14.4 Å². The van der Waals surface area contributed by atoms with Crippen LogP contribution in [0.2, 0.25) is 0 Å². The summed E-state index contributed by atoms with van der Waals surface area (Å²) >= 11 is 0. The van der Waals surface area contributed by atoms with Crippen LogP contribution in [0.5, 0.6) is 5.75 Å². The maximum Gasteiger partial charge on any atom is 0.271 e. The molecule has 1 aliphatic heterocycles. The van der Waals surface area contributed by atoms with E-state index in [1.165, 1.54) is 10.6 Å². The molecule has 6 nitrogen and oxygen atoms in total. The van der Waals surface area contributed by atoms with Crippen LogP contribution < -0.4 is 10.3 Å². The van der Waals surface area contributed by atoms with Gasteiger partial charge in [0, 0.05) is 25.4 Å². The van der Waals surface area contributed by atoms with Crippen LogP contribution in [0.4, 0.5) is 0 Å². The Balaban J connectivity index is 1.57. The molecule has 0 aliphatic carbocycles. The van der Waals surface area contributed by atoms with Gasteiger partial charge in [-0.2, -0.15) is 0 Å². The number of hydrogen-bond acceptors (Lipinski definition) is 4. The average molecular weight is 416 g/mol. The normalized spacial score (nSPS) is 14.3. The number of pyridine rings is 1. The predicted molar refractivity (Wildman–Crippen MR) is 119 cm³/mol. The molecule has 0 saturated carbocycles. The SMILES string of the molecule is O=C(/C(=C\c1ccc(OCc2ccccc2)cc1)n1ccccc1=O)N1CCOCC1. The standard InChI is InChI=1S/C25H24N2O4/c28-24-8-4-5-13-27(24)23(25(29)26-14-16-30-17-15-26)18-20-9-11-22(12-10-20)31-19-21-6-2-1-3-7-21/h1-13,18H,14-17,19H2/b23-18+. The van der Waals surface area contributed by atoms with Crippen molar-refractivity contribution in [3.05, 3.63) is 100 Å². The quantitative estimate of drug-likeness (QED) is 0.579. The van der Waals surface area contributed by atoms with Gasteiger partial charge in [0.25, 0.3) is 11.5 Å². The maximum atomic E-state index is 13.2. The van der Waals surface area contributed by atoms with Gasteiger partial charge in [0.2, 0.25) is 0 Å². The molecular weight excluding hydrogens is 392 g/mol. The predicted octanol–water partition coefficient (Wildman–Crippen LogP) is 3.28. The van der Waals surface area contributed by atoms with Crippen LogP contribution in [0.25, 0.3) is 11.8 Å². The second-order valence-corrected chi connectivity index (χ2v) is 7.19. The molecule has 0 unspecified atom stereocenters. The Bertz CT molecular complexity index is 1100. The van der Waals surface area contributed by atoms with Crippen molar-refractivity contribution in [1.29, 1.82) is 0 Å². The minimum Gasteiger partial charge on any atom is -0.489 e. The summed E-state index contributed by atoms with van der Waals surface area (Å²) in [6.07, 6.45) is 3.35. The molecule has 6 heteroatoms. The van der Waals surface area contributed by atoms with Crippen molar-refractivity contribution in [3.63, 3.8) is 0 Å². The van der Waals surface area contributed by atoms with E-state index in [1.54, 1.807) is 29.3 Å². The third-order valence-electron chi connectivity index (χ3n) is 5.03. The van der Waals surface area contributed by atoms with Crippen molar-refractivity contribution in [1.82, 2.24) is 9.47 Å². The fraction of sp³-hybridized carbons (Fsp3) is 0.200. The number of nitrogens with zero attached hydrogens (tertiary/aromatic N) is 2. The topological polar surface area (TPSA) is 60.8 Å². The van der Waals surface area contributed by atoms with E-state index in [4.69, 9.17) is 9.47 Å². The molecule has 1 aliphatic rings. The van der Waals surface area contributed by atoms with Gasteiger partial charge >= 0.3 is 0 Å². The van der Waals surface area contributed by atoms with Gasteiger partial charge in [-0.1, -0.05) is 48.5 Å². The number of benzene rings is 2. The zero-order valence-corrected chi connectivity index (χ0v) is 17.1. The molecule has 3 aromatic rings. The van der Waals surface area contributed by atoms with E-state index >= 15 is 0 Å². The molecule has 31 heavy (non-hydrogen) atoms. The lowest BCUT2D eigenvalue weighted by atomic mass is 10.1. The molecule has 1 fully saturated rings. The summed E-state index contributed by atoms with van der Waals surface area (Å²) in [5.41, 5.74) is 1.95. The average Bonchev–Trinajstić information content (AvgIpc) is 2.83. The smallest absolute Gasteiger partial charge is 0.271 e. The van der Waals surface area contributed by atoms with Crippen molar-refractivity contribution < 1.29 is 14.3 Å². The first kappa shape index (κ1) is 20.6. The summed E-state index contributed by atoms with van der Waals surface area (Å²) in [6, 6.07) is 22.3. The van der Waals surface area contributed by atoms with Crippen LogP contribution in [-0.2, 0) is 16.1 Å². The van der Waals surface area contributed by atoms with Gasteiger partial charge in [0.15, 0.2) is 0 Å². The van der Waals surface area contributed by atoms with Crippen molar-refractivity contribution in [2.45, 2.75) is 6.61 Å². The summed E-state index contributed by atoms with van der Waals surface area (Å²) in [5, 5.41) is 0. The first-order chi connectivity index (χ1) is 15.2. The Labute approximate surface area is 181 Å². The largest absolute Gasteiger partial charge is 0.489 e. The van der Waals surface area contributed by atoms with Crippen LogP contribution in [0, 0.1) is 0 Å². The summed E-state index contributed by atoms with van der Waals surface area (Å²) in [6.45, 7) is 2.48. The Morgan fingerprint density at radius 1 is 0.935 bits per heavy atom. The van der Waals surface area contributed by atoms with E-state index in [1.807, 2.05) is 54.6 Å². The molecule has 2 heterocycles. The second-order valence-electron chi connectivity index (χ2n) is 7.19. The van der Waals surface area contributed by atoms with Crippen molar-refractivity contribution in [3.8, 4) is 5.75 Å². The van der Waals surface area contributed by atoms with E-state index in [9.17, 15) is 9.59 Å². The Morgan fingerprint density at radius 3 is 2.35 bits per heavy atom. The third kappa shape index (κ3) is 5.29. The number of morpholine rings is 1. The number of carbonyl (C=O) groups excluding carboxylic acids is 1. The first-order valence-corrected chi connectivity index (χ1v) is 10.2. The molecule has 0 radical (unpaired) electrons. The van der Waals surface area contributed by atoms with E-state index in [2.05, 4.69) is 0 Å². The lowest BCUT2D eigenvalue weighted by Crippen LogP contribution is -2.42. The monoisotopic (exact) mass is 416 g/mol. The molecular formula is C25H24N2O4. The number of amides is 1. The van der Waals surface area contributed by atoms with Crippen LogP contribution >= 0.6 is 0 Å². The highest BCUT2D eigenvalue weighted by Gasteiger charge is 2.22. The van der Waals surface area contributed by atoms with E-state index < -0.39 is 0 Å². The highest BCUT2D eigenvalue weighted by molar-refractivity contribution is 6.18. The number of aromatic nitrogens is 1. The molecule has 4 rings (SSSR count). The lowest BCUT2D eigenvalue weighted by Gasteiger charge is -2.28. The van der Waals surface area contributed by atoms with Gasteiger partial charge in [-0.3, -0.25) is 14.2 Å². The zero-order chi connectivity index (χ0) is 21.5. The van der Waals surface area contributed by atoms with Crippen LogP contribution in [-0.4, -0.2) is 41.7 Å². The fourth-order valence-electron chi connectivity index (χ4n) is 3.35. The highest BCUT2D eigenvalue weighted by atomic mass is 16.5. The highest BCUT2D eigenvalue weighted by Crippen LogP contribution is 2.19. The van der Waals surface area contributed by atoms with Gasteiger partial charge in [-0.15, -0.1) is 0 Å². The van der Waals surface area contributed by atoms with Gasteiger partial charge in [-0.05, 0) is 35.4 Å². The molecule has 0 N–H and O–H groups in total. The van der Waals surface area contributed by atoms with Gasteiger partial charge in [0.1, 0.15) is 18.1 Å². The molecule has 1 amide bonds. The Hall–Kier alpha value is -3.64. The Morgan fingerprint density at radius 2 is 1.65 bits per heavy atom. The van der Waals surface area contributed by atoms with Gasteiger partial charge in [0.05, 0.1) is 13.2 Å². The lowest BCUT2D eigenvalue weighted by molar-refractivity contribution is -0.129. The zero-order valence-electron chi connectivity index (χ0n) is 17.1. The number of hydrogen-bond donors (Lipinski definition) is 0. The van der Waals surface area contributed by atoms with E-state index in [0.717, 1.165) is 16.9 Å². The van der Waals surface area contributed by atoms with Crippen LogP contribution in [0.3, 0.4) is 0 Å². The minimum atomic E-state index is -0.252. The summed E-state index contributed by atoms with van der Waals surface area (Å²) in [4.78, 5) is 27.3. The molecule has 0 bridgehead atoms. The van der Waals surface area contributed by atoms with Crippen LogP contribution in [0.15, 0.2) is 83.8 Å². The molecule has 1 saturated heterocycles. The summed E-state index contributed by atoms with van der Waals surface area (Å²) in [5.74, 6) is 0.542. The molecule has 0 atom stereocenters. The van der Waals surface area contributed by atoms with E-state index in [-0.39, 0.29) is 11.5 Å². The molecule has 1 aromatic heterocycles. The van der Waals surface area contributed by atoms with Crippen molar-refractivity contribution in [2.75, 3.05) is 26.3 Å². The third-order valence-corrected chi connectivity index (χ3v) is 5.03. The molecule has 2 aromatic carbocycles. The Kier molecular flexibility index (Phi) is 6.59. The molecule has 0 spiro atoms. The number of rotatable bonds is 6.